The summed E-state index contributed by atoms with van der Waals surface area (Å²) < 4.78 is 5.40. The maximum Gasteiger partial charge on any atom is 0.243 e. The molecular formula is C31H38N2O3S. The quantitative estimate of drug-likeness (QED) is 0.280. The van der Waals surface area contributed by atoms with Crippen LogP contribution in [-0.4, -0.2) is 41.7 Å². The number of amides is 2. The molecule has 196 valence electrons. The van der Waals surface area contributed by atoms with E-state index in [1.54, 1.807) is 23.8 Å². The Labute approximate surface area is 225 Å². The number of nitrogens with zero attached hydrogens (tertiary/aromatic N) is 1. The van der Waals surface area contributed by atoms with Gasteiger partial charge < -0.3 is 15.0 Å². The maximum atomic E-state index is 13.7. The summed E-state index contributed by atoms with van der Waals surface area (Å²) in [7, 11) is 1.63. The van der Waals surface area contributed by atoms with Crippen molar-refractivity contribution in [1.82, 2.24) is 10.2 Å². The number of thioether (sulfide) groups is 1. The Morgan fingerprint density at radius 3 is 2.35 bits per heavy atom. The summed E-state index contributed by atoms with van der Waals surface area (Å²) in [6.07, 6.45) is 1.61. The molecule has 2 atom stereocenters. The summed E-state index contributed by atoms with van der Waals surface area (Å²) in [5.41, 5.74) is 3.15. The molecule has 1 N–H and O–H groups in total. The largest absolute Gasteiger partial charge is 0.497 e. The summed E-state index contributed by atoms with van der Waals surface area (Å²) in [6, 6.07) is 25.3. The fourth-order valence-corrected chi connectivity index (χ4v) is 4.84. The van der Waals surface area contributed by atoms with E-state index in [-0.39, 0.29) is 17.9 Å². The zero-order valence-corrected chi connectivity index (χ0v) is 23.1. The standard InChI is InChI=1S/C31H38N2O3S/c1-5-24(3)32-31(35)29(21-25-10-7-6-8-11-25)33(22-26-12-9-13-27(20-26)36-4)30(34)18-19-37-28-16-14-23(2)15-17-28/h6-17,20,24,29H,5,18-19,21-22H2,1-4H3,(H,32,35)/t24-,29-/m1/s1. The third-order valence-electron chi connectivity index (χ3n) is 6.36. The van der Waals surface area contributed by atoms with Gasteiger partial charge in [0, 0.05) is 36.1 Å². The molecule has 2 amide bonds. The highest BCUT2D eigenvalue weighted by molar-refractivity contribution is 7.99. The first-order valence-electron chi connectivity index (χ1n) is 12.9. The Kier molecular flexibility index (Phi) is 11.1. The molecule has 0 heterocycles. The van der Waals surface area contributed by atoms with Crippen molar-refractivity contribution in [3.8, 4) is 5.75 Å². The number of rotatable bonds is 13. The van der Waals surface area contributed by atoms with Gasteiger partial charge in [-0.05, 0) is 55.7 Å². The molecule has 0 aliphatic carbocycles. The van der Waals surface area contributed by atoms with E-state index in [1.165, 1.54) is 5.56 Å². The topological polar surface area (TPSA) is 58.6 Å². The first-order valence-corrected chi connectivity index (χ1v) is 13.8. The molecule has 0 spiro atoms. The van der Waals surface area contributed by atoms with Gasteiger partial charge in [-0.3, -0.25) is 9.59 Å². The van der Waals surface area contributed by atoms with Crippen LogP contribution in [-0.2, 0) is 22.6 Å². The lowest BCUT2D eigenvalue weighted by molar-refractivity contribution is -0.141. The molecular weight excluding hydrogens is 480 g/mol. The average Bonchev–Trinajstić information content (AvgIpc) is 2.92. The van der Waals surface area contributed by atoms with Gasteiger partial charge in [0.2, 0.25) is 11.8 Å². The number of hydrogen-bond acceptors (Lipinski definition) is 4. The van der Waals surface area contributed by atoms with Crippen molar-refractivity contribution < 1.29 is 14.3 Å². The second-order valence-electron chi connectivity index (χ2n) is 9.31. The predicted molar refractivity (Wildman–Crippen MR) is 152 cm³/mol. The van der Waals surface area contributed by atoms with Crippen LogP contribution in [0, 0.1) is 6.92 Å². The molecule has 0 saturated carbocycles. The molecule has 3 rings (SSSR count). The fourth-order valence-electron chi connectivity index (χ4n) is 4.00. The van der Waals surface area contributed by atoms with Crippen LogP contribution in [0.5, 0.6) is 5.75 Å². The van der Waals surface area contributed by atoms with E-state index in [9.17, 15) is 9.59 Å². The highest BCUT2D eigenvalue weighted by Crippen LogP contribution is 2.22. The van der Waals surface area contributed by atoms with Gasteiger partial charge in [-0.2, -0.15) is 0 Å². The van der Waals surface area contributed by atoms with Gasteiger partial charge in [0.1, 0.15) is 11.8 Å². The smallest absolute Gasteiger partial charge is 0.243 e. The summed E-state index contributed by atoms with van der Waals surface area (Å²) >= 11 is 1.66. The van der Waals surface area contributed by atoms with E-state index in [0.717, 1.165) is 28.2 Å². The van der Waals surface area contributed by atoms with Crippen LogP contribution >= 0.6 is 11.8 Å². The van der Waals surface area contributed by atoms with Gasteiger partial charge in [-0.15, -0.1) is 11.8 Å². The van der Waals surface area contributed by atoms with Crippen LogP contribution in [0.4, 0.5) is 0 Å². The number of hydrogen-bond donors (Lipinski definition) is 1. The third kappa shape index (κ3) is 8.97. The first-order chi connectivity index (χ1) is 17.9. The Bertz CT molecular complexity index is 1130. The molecule has 0 fully saturated rings. The summed E-state index contributed by atoms with van der Waals surface area (Å²) in [5, 5.41) is 3.12. The number of aryl methyl sites for hydroxylation is 1. The SMILES string of the molecule is CC[C@@H](C)NC(=O)[C@@H](Cc1ccccc1)N(Cc1cccc(OC)c1)C(=O)CCSc1ccc(C)cc1. The molecule has 0 aliphatic rings. The molecule has 6 heteroatoms. The Balaban J connectivity index is 1.86. The van der Waals surface area contributed by atoms with Gasteiger partial charge >= 0.3 is 0 Å². The van der Waals surface area contributed by atoms with E-state index in [2.05, 4.69) is 36.5 Å². The van der Waals surface area contributed by atoms with Crippen molar-refractivity contribution >= 4 is 23.6 Å². The molecule has 37 heavy (non-hydrogen) atoms. The second kappa shape index (κ2) is 14.5. The zero-order valence-electron chi connectivity index (χ0n) is 22.3. The molecule has 0 saturated heterocycles. The van der Waals surface area contributed by atoms with Gasteiger partial charge in [0.25, 0.3) is 0 Å². The number of ether oxygens (including phenoxy) is 1. The van der Waals surface area contributed by atoms with E-state index in [0.29, 0.717) is 25.1 Å². The van der Waals surface area contributed by atoms with E-state index in [4.69, 9.17) is 4.74 Å². The normalized spacial score (nSPS) is 12.4. The van der Waals surface area contributed by atoms with Crippen molar-refractivity contribution in [2.75, 3.05) is 12.9 Å². The van der Waals surface area contributed by atoms with Crippen molar-refractivity contribution in [2.45, 2.75) is 63.6 Å². The monoisotopic (exact) mass is 518 g/mol. The minimum Gasteiger partial charge on any atom is -0.497 e. The Hall–Kier alpha value is -3.25. The fraction of sp³-hybridized carbons (Fsp3) is 0.355. The first kappa shape index (κ1) is 28.3. The van der Waals surface area contributed by atoms with Crippen LogP contribution in [0.25, 0.3) is 0 Å². The van der Waals surface area contributed by atoms with E-state index >= 15 is 0 Å². The van der Waals surface area contributed by atoms with Crippen molar-refractivity contribution in [3.63, 3.8) is 0 Å². The number of carbonyl (C=O) groups excluding carboxylic acids is 2. The molecule has 0 aliphatic heterocycles. The molecule has 5 nitrogen and oxygen atoms in total. The van der Waals surface area contributed by atoms with Crippen molar-refractivity contribution in [2.24, 2.45) is 0 Å². The molecule has 0 unspecified atom stereocenters. The molecule has 0 bridgehead atoms. The average molecular weight is 519 g/mol. The van der Waals surface area contributed by atoms with Crippen LogP contribution in [0.1, 0.15) is 43.4 Å². The highest BCUT2D eigenvalue weighted by Gasteiger charge is 2.30. The molecule has 3 aromatic rings. The lowest BCUT2D eigenvalue weighted by atomic mass is 10.0. The summed E-state index contributed by atoms with van der Waals surface area (Å²) in [6.45, 7) is 6.42. The number of methoxy groups -OCH3 is 1. The van der Waals surface area contributed by atoms with Crippen LogP contribution < -0.4 is 10.1 Å². The number of nitrogens with one attached hydrogen (secondary N) is 1. The third-order valence-corrected chi connectivity index (χ3v) is 7.38. The van der Waals surface area contributed by atoms with Crippen LogP contribution in [0.15, 0.2) is 83.8 Å². The van der Waals surface area contributed by atoms with Crippen molar-refractivity contribution in [3.05, 3.63) is 95.6 Å². The van der Waals surface area contributed by atoms with Gasteiger partial charge in [0.05, 0.1) is 7.11 Å². The maximum absolute atomic E-state index is 13.7. The lowest BCUT2D eigenvalue weighted by Gasteiger charge is -2.32. The minimum atomic E-state index is -0.625. The molecule has 0 aromatic heterocycles. The van der Waals surface area contributed by atoms with Gasteiger partial charge in [0.15, 0.2) is 0 Å². The molecule has 0 radical (unpaired) electrons. The summed E-state index contributed by atoms with van der Waals surface area (Å²) in [4.78, 5) is 30.2. The highest BCUT2D eigenvalue weighted by atomic mass is 32.2. The minimum absolute atomic E-state index is 0.0247. The Morgan fingerprint density at radius 2 is 1.68 bits per heavy atom. The lowest BCUT2D eigenvalue weighted by Crippen LogP contribution is -2.52. The van der Waals surface area contributed by atoms with Gasteiger partial charge in [-0.1, -0.05) is 67.1 Å². The molecule has 3 aromatic carbocycles. The zero-order chi connectivity index (χ0) is 26.6. The van der Waals surface area contributed by atoms with Crippen LogP contribution in [0.3, 0.4) is 0 Å². The van der Waals surface area contributed by atoms with Crippen LogP contribution in [0.2, 0.25) is 0 Å². The Morgan fingerprint density at radius 1 is 0.973 bits per heavy atom. The van der Waals surface area contributed by atoms with E-state index in [1.807, 2.05) is 68.4 Å². The van der Waals surface area contributed by atoms with E-state index < -0.39 is 6.04 Å². The number of benzene rings is 3. The second-order valence-corrected chi connectivity index (χ2v) is 10.5. The van der Waals surface area contributed by atoms with Gasteiger partial charge in [-0.25, -0.2) is 0 Å². The van der Waals surface area contributed by atoms with Crippen molar-refractivity contribution in [1.29, 1.82) is 0 Å². The predicted octanol–water partition coefficient (Wildman–Crippen LogP) is 6.04. The number of carbonyl (C=O) groups is 2. The summed E-state index contributed by atoms with van der Waals surface area (Å²) in [5.74, 6) is 1.20.